The molecule has 188 valence electrons. The Hall–Kier alpha value is -3.00. The van der Waals surface area contributed by atoms with Gasteiger partial charge in [-0.2, -0.15) is 0 Å². The Bertz CT molecular complexity index is 818. The average molecular weight is 473 g/mol. The lowest BCUT2D eigenvalue weighted by Crippen LogP contribution is -2.13. The SMILES string of the molecule is C=C[C@@H](C[C@H](C=C)C[C@@H](C=C)CCc1ccc(OC)cc1)C[C@@H](C=C)CCc1ccc(OC)cc1. The largest absolute Gasteiger partial charge is 0.497 e. The van der Waals surface area contributed by atoms with Crippen LogP contribution < -0.4 is 9.47 Å². The van der Waals surface area contributed by atoms with Crippen LogP contribution in [0.5, 0.6) is 11.5 Å². The van der Waals surface area contributed by atoms with Crippen LogP contribution in [-0.2, 0) is 12.8 Å². The van der Waals surface area contributed by atoms with Gasteiger partial charge in [-0.05, 0) is 104 Å². The molecule has 0 radical (unpaired) electrons. The summed E-state index contributed by atoms with van der Waals surface area (Å²) in [4.78, 5) is 0. The Morgan fingerprint density at radius 2 is 0.857 bits per heavy atom. The first-order valence-corrected chi connectivity index (χ1v) is 12.8. The zero-order chi connectivity index (χ0) is 25.5. The van der Waals surface area contributed by atoms with Crippen LogP contribution in [0.1, 0.15) is 43.2 Å². The van der Waals surface area contributed by atoms with Crippen molar-refractivity contribution in [3.05, 3.63) is 110 Å². The maximum absolute atomic E-state index is 5.27. The topological polar surface area (TPSA) is 18.5 Å². The van der Waals surface area contributed by atoms with E-state index in [4.69, 9.17) is 9.47 Å². The van der Waals surface area contributed by atoms with Crippen LogP contribution >= 0.6 is 0 Å². The molecule has 0 saturated carbocycles. The van der Waals surface area contributed by atoms with E-state index in [1.165, 1.54) is 11.1 Å². The molecule has 4 atom stereocenters. The van der Waals surface area contributed by atoms with Crippen LogP contribution in [0.15, 0.2) is 99.2 Å². The molecule has 35 heavy (non-hydrogen) atoms. The molecule has 0 spiro atoms. The molecule has 0 saturated heterocycles. The third-order valence-electron chi connectivity index (χ3n) is 7.08. The van der Waals surface area contributed by atoms with E-state index >= 15 is 0 Å². The summed E-state index contributed by atoms with van der Waals surface area (Å²) in [7, 11) is 3.40. The normalized spacial score (nSPS) is 14.2. The number of rotatable bonds is 18. The van der Waals surface area contributed by atoms with E-state index in [9.17, 15) is 0 Å². The number of methoxy groups -OCH3 is 2. The van der Waals surface area contributed by atoms with E-state index in [0.717, 1.165) is 56.4 Å². The first kappa shape index (κ1) is 28.2. The van der Waals surface area contributed by atoms with Gasteiger partial charge >= 0.3 is 0 Å². The molecule has 2 rings (SSSR count). The Morgan fingerprint density at radius 1 is 0.543 bits per heavy atom. The molecule has 0 aromatic heterocycles. The standard InChI is InChI=1S/C33H44O2/c1-7-26(11-13-30-15-19-32(34-5)20-16-30)23-28(9-3)25-29(10-4)24-27(8-2)12-14-31-17-21-33(35-6)22-18-31/h7-10,15-22,26-29H,1-4,11-14,23-25H2,5-6H3/t26-,27-,28+,29+/m0/s1. The highest BCUT2D eigenvalue weighted by molar-refractivity contribution is 5.28. The van der Waals surface area contributed by atoms with Gasteiger partial charge in [-0.1, -0.05) is 48.6 Å². The van der Waals surface area contributed by atoms with Crippen molar-refractivity contribution in [3.8, 4) is 11.5 Å². The van der Waals surface area contributed by atoms with Crippen molar-refractivity contribution in [3.63, 3.8) is 0 Å². The molecule has 0 amide bonds. The molecule has 0 aliphatic heterocycles. The van der Waals surface area contributed by atoms with Gasteiger partial charge in [0, 0.05) is 0 Å². The van der Waals surface area contributed by atoms with Gasteiger partial charge in [-0.25, -0.2) is 0 Å². The predicted molar refractivity (Wildman–Crippen MR) is 151 cm³/mol. The van der Waals surface area contributed by atoms with Crippen molar-refractivity contribution in [2.75, 3.05) is 14.2 Å². The highest BCUT2D eigenvalue weighted by atomic mass is 16.5. The van der Waals surface area contributed by atoms with Crippen molar-refractivity contribution in [2.24, 2.45) is 23.7 Å². The summed E-state index contributed by atoms with van der Waals surface area (Å²) in [6, 6.07) is 16.7. The molecule has 2 heteroatoms. The molecule has 0 N–H and O–H groups in total. The van der Waals surface area contributed by atoms with Crippen molar-refractivity contribution in [1.29, 1.82) is 0 Å². The van der Waals surface area contributed by atoms with Crippen molar-refractivity contribution in [2.45, 2.75) is 44.9 Å². The summed E-state index contributed by atoms with van der Waals surface area (Å²) in [6.07, 6.45) is 16.0. The van der Waals surface area contributed by atoms with Gasteiger partial charge in [0.1, 0.15) is 11.5 Å². The van der Waals surface area contributed by atoms with Crippen LogP contribution in [0.4, 0.5) is 0 Å². The van der Waals surface area contributed by atoms with Crippen LogP contribution in [-0.4, -0.2) is 14.2 Å². The summed E-state index contributed by atoms with van der Waals surface area (Å²) in [5.74, 6) is 3.63. The molecule has 2 aromatic carbocycles. The van der Waals surface area contributed by atoms with E-state index in [1.807, 2.05) is 24.3 Å². The Kier molecular flexibility index (Phi) is 12.8. The molecule has 0 aliphatic rings. The number of benzene rings is 2. The number of allylic oxidation sites excluding steroid dienone is 4. The van der Waals surface area contributed by atoms with Crippen LogP contribution in [0.3, 0.4) is 0 Å². The summed E-state index contributed by atoms with van der Waals surface area (Å²) < 4.78 is 10.5. The summed E-state index contributed by atoms with van der Waals surface area (Å²) in [5.41, 5.74) is 2.67. The van der Waals surface area contributed by atoms with Gasteiger partial charge in [0.25, 0.3) is 0 Å². The Balaban J connectivity index is 1.85. The van der Waals surface area contributed by atoms with Gasteiger partial charge in [0.05, 0.1) is 14.2 Å². The second-order valence-electron chi connectivity index (χ2n) is 9.46. The highest BCUT2D eigenvalue weighted by Gasteiger charge is 2.18. The van der Waals surface area contributed by atoms with Crippen LogP contribution in [0.25, 0.3) is 0 Å². The van der Waals surface area contributed by atoms with Gasteiger partial charge in [-0.3, -0.25) is 0 Å². The maximum Gasteiger partial charge on any atom is 0.118 e. The predicted octanol–water partition coefficient (Wildman–Crippen LogP) is 8.65. The van der Waals surface area contributed by atoms with Crippen LogP contribution in [0, 0.1) is 23.7 Å². The molecule has 0 aliphatic carbocycles. The fourth-order valence-corrected chi connectivity index (χ4v) is 4.70. The first-order chi connectivity index (χ1) is 17.0. The molecule has 0 fully saturated rings. The number of aryl methyl sites for hydroxylation is 2. The molecular weight excluding hydrogens is 428 g/mol. The summed E-state index contributed by atoms with van der Waals surface area (Å²) in [5, 5.41) is 0. The van der Waals surface area contributed by atoms with E-state index in [1.54, 1.807) is 14.2 Å². The number of hydrogen-bond acceptors (Lipinski definition) is 2. The smallest absolute Gasteiger partial charge is 0.118 e. The van der Waals surface area contributed by atoms with Crippen molar-refractivity contribution >= 4 is 0 Å². The molecule has 0 bridgehead atoms. The molecular formula is C33H44O2. The second kappa shape index (κ2) is 15.8. The van der Waals surface area contributed by atoms with Gasteiger partial charge in [0.2, 0.25) is 0 Å². The maximum atomic E-state index is 5.27. The lowest BCUT2D eigenvalue weighted by molar-refractivity contribution is 0.360. The van der Waals surface area contributed by atoms with Gasteiger partial charge in [-0.15, -0.1) is 26.3 Å². The average Bonchev–Trinajstić information content (AvgIpc) is 2.92. The van der Waals surface area contributed by atoms with Crippen molar-refractivity contribution < 1.29 is 9.47 Å². The Labute approximate surface area is 214 Å². The fourth-order valence-electron chi connectivity index (χ4n) is 4.70. The quantitative estimate of drug-likeness (QED) is 0.202. The van der Waals surface area contributed by atoms with Crippen molar-refractivity contribution in [1.82, 2.24) is 0 Å². The summed E-state index contributed by atoms with van der Waals surface area (Å²) in [6.45, 7) is 16.5. The lowest BCUT2D eigenvalue weighted by Gasteiger charge is -2.24. The molecule has 0 heterocycles. The zero-order valence-corrected chi connectivity index (χ0v) is 21.8. The fraction of sp³-hybridized carbons (Fsp3) is 0.394. The lowest BCUT2D eigenvalue weighted by atomic mass is 9.81. The third-order valence-corrected chi connectivity index (χ3v) is 7.08. The highest BCUT2D eigenvalue weighted by Crippen LogP contribution is 2.30. The minimum atomic E-state index is 0.448. The minimum absolute atomic E-state index is 0.448. The monoisotopic (exact) mass is 472 g/mol. The third kappa shape index (κ3) is 10.0. The molecule has 2 aromatic rings. The first-order valence-electron chi connectivity index (χ1n) is 12.8. The Morgan fingerprint density at radius 3 is 1.14 bits per heavy atom. The van der Waals surface area contributed by atoms with Gasteiger partial charge in [0.15, 0.2) is 0 Å². The van der Waals surface area contributed by atoms with Crippen LogP contribution in [0.2, 0.25) is 0 Å². The van der Waals surface area contributed by atoms with E-state index in [0.29, 0.717) is 23.7 Å². The van der Waals surface area contributed by atoms with E-state index in [-0.39, 0.29) is 0 Å². The molecule has 2 nitrogen and oxygen atoms in total. The zero-order valence-electron chi connectivity index (χ0n) is 21.8. The number of ether oxygens (including phenoxy) is 2. The second-order valence-corrected chi connectivity index (χ2v) is 9.46. The molecule has 0 unspecified atom stereocenters. The van der Waals surface area contributed by atoms with E-state index in [2.05, 4.69) is 74.9 Å². The van der Waals surface area contributed by atoms with Gasteiger partial charge < -0.3 is 9.47 Å². The van der Waals surface area contributed by atoms with E-state index < -0.39 is 0 Å². The minimum Gasteiger partial charge on any atom is -0.497 e. The number of hydrogen-bond donors (Lipinski definition) is 0. The summed E-state index contributed by atoms with van der Waals surface area (Å²) >= 11 is 0.